The number of carbonyl (C=O) groups is 2. The molecule has 0 spiro atoms. The number of anilines is 1. The van der Waals surface area contributed by atoms with E-state index in [1.54, 1.807) is 36.2 Å². The number of carbonyl (C=O) groups excluding carboxylic acids is 2. The summed E-state index contributed by atoms with van der Waals surface area (Å²) in [4.78, 5) is 26.8. The van der Waals surface area contributed by atoms with Gasteiger partial charge in [0.1, 0.15) is 0 Å². The first-order valence-electron chi connectivity index (χ1n) is 9.22. The lowest BCUT2D eigenvalue weighted by molar-refractivity contribution is 0.0784. The van der Waals surface area contributed by atoms with E-state index in [-0.39, 0.29) is 11.8 Å². The van der Waals surface area contributed by atoms with E-state index in [4.69, 9.17) is 0 Å². The molecule has 4 nitrogen and oxygen atoms in total. The van der Waals surface area contributed by atoms with Gasteiger partial charge in [0.2, 0.25) is 0 Å². The van der Waals surface area contributed by atoms with Gasteiger partial charge in [0.15, 0.2) is 0 Å². The van der Waals surface area contributed by atoms with Crippen LogP contribution in [0.1, 0.15) is 37.4 Å². The molecule has 2 amide bonds. The molecule has 0 unspecified atom stereocenters. The molecular weight excluding hydrogens is 348 g/mol. The summed E-state index contributed by atoms with van der Waals surface area (Å²) < 4.78 is 0. The fourth-order valence-electron chi connectivity index (χ4n) is 2.98. The van der Waals surface area contributed by atoms with Crippen molar-refractivity contribution in [1.82, 2.24) is 4.90 Å². The van der Waals surface area contributed by atoms with Crippen LogP contribution in [0.4, 0.5) is 5.69 Å². The standard InChI is InChI=1S/C24H24N2O2/c1-17-9-10-18(2)22(15-17)25-23(27)20-11-13-21(14-12-20)24(28)26(3)16-19-7-5-4-6-8-19/h4-15H,16H2,1-3H3,(H,25,27). The van der Waals surface area contributed by atoms with Crippen LogP contribution in [0.15, 0.2) is 72.8 Å². The van der Waals surface area contributed by atoms with E-state index in [9.17, 15) is 9.59 Å². The average molecular weight is 372 g/mol. The van der Waals surface area contributed by atoms with Gasteiger partial charge in [-0.15, -0.1) is 0 Å². The maximum Gasteiger partial charge on any atom is 0.255 e. The molecule has 142 valence electrons. The zero-order chi connectivity index (χ0) is 20.1. The topological polar surface area (TPSA) is 49.4 Å². The molecule has 0 aliphatic heterocycles. The Balaban J connectivity index is 1.67. The van der Waals surface area contributed by atoms with Crippen LogP contribution in [0.3, 0.4) is 0 Å². The first-order valence-corrected chi connectivity index (χ1v) is 9.22. The highest BCUT2D eigenvalue weighted by molar-refractivity contribution is 6.05. The fourth-order valence-corrected chi connectivity index (χ4v) is 2.98. The van der Waals surface area contributed by atoms with Crippen molar-refractivity contribution in [3.05, 3.63) is 101 Å². The molecule has 0 aromatic heterocycles. The number of nitrogens with zero attached hydrogens (tertiary/aromatic N) is 1. The number of aryl methyl sites for hydroxylation is 2. The Hall–Kier alpha value is -3.40. The van der Waals surface area contributed by atoms with Crippen LogP contribution in [-0.2, 0) is 6.54 Å². The van der Waals surface area contributed by atoms with E-state index in [0.29, 0.717) is 17.7 Å². The Labute approximate surface area is 165 Å². The summed E-state index contributed by atoms with van der Waals surface area (Å²) in [6.45, 7) is 4.48. The van der Waals surface area contributed by atoms with Crippen LogP contribution >= 0.6 is 0 Å². The maximum atomic E-state index is 12.6. The third-order valence-electron chi connectivity index (χ3n) is 4.64. The van der Waals surface area contributed by atoms with Gasteiger partial charge in [-0.2, -0.15) is 0 Å². The second-order valence-corrected chi connectivity index (χ2v) is 7.00. The van der Waals surface area contributed by atoms with Crippen molar-refractivity contribution in [2.75, 3.05) is 12.4 Å². The molecule has 1 N–H and O–H groups in total. The SMILES string of the molecule is Cc1ccc(C)c(NC(=O)c2ccc(C(=O)N(C)Cc3ccccc3)cc2)c1. The van der Waals surface area contributed by atoms with Crippen LogP contribution < -0.4 is 5.32 Å². The summed E-state index contributed by atoms with van der Waals surface area (Å²) in [6, 6.07) is 22.5. The Kier molecular flexibility index (Phi) is 5.90. The lowest BCUT2D eigenvalue weighted by Gasteiger charge is -2.17. The number of rotatable bonds is 5. The van der Waals surface area contributed by atoms with Gasteiger partial charge in [0, 0.05) is 30.4 Å². The normalized spacial score (nSPS) is 10.4. The zero-order valence-electron chi connectivity index (χ0n) is 16.4. The summed E-state index contributed by atoms with van der Waals surface area (Å²) in [7, 11) is 1.77. The van der Waals surface area contributed by atoms with E-state index in [0.717, 1.165) is 22.4 Å². The van der Waals surface area contributed by atoms with Crippen LogP contribution in [0.25, 0.3) is 0 Å². The van der Waals surface area contributed by atoms with Gasteiger partial charge in [0.05, 0.1) is 0 Å². The average Bonchev–Trinajstić information content (AvgIpc) is 2.71. The van der Waals surface area contributed by atoms with E-state index >= 15 is 0 Å². The molecule has 3 aromatic rings. The number of hydrogen-bond acceptors (Lipinski definition) is 2. The maximum absolute atomic E-state index is 12.6. The first kappa shape index (κ1) is 19.4. The van der Waals surface area contributed by atoms with Gasteiger partial charge < -0.3 is 10.2 Å². The molecule has 0 radical (unpaired) electrons. The molecule has 0 aliphatic rings. The third-order valence-corrected chi connectivity index (χ3v) is 4.64. The van der Waals surface area contributed by atoms with Crippen molar-refractivity contribution in [3.63, 3.8) is 0 Å². The largest absolute Gasteiger partial charge is 0.337 e. The van der Waals surface area contributed by atoms with E-state index in [1.165, 1.54) is 0 Å². The second-order valence-electron chi connectivity index (χ2n) is 7.00. The lowest BCUT2D eigenvalue weighted by Crippen LogP contribution is -2.26. The van der Waals surface area contributed by atoms with Gasteiger partial charge in [-0.05, 0) is 60.9 Å². The Morgan fingerprint density at radius 2 is 1.50 bits per heavy atom. The van der Waals surface area contributed by atoms with Gasteiger partial charge >= 0.3 is 0 Å². The molecule has 4 heteroatoms. The molecule has 0 fully saturated rings. The van der Waals surface area contributed by atoms with Crippen molar-refractivity contribution in [2.45, 2.75) is 20.4 Å². The first-order chi connectivity index (χ1) is 13.4. The highest BCUT2D eigenvalue weighted by Gasteiger charge is 2.14. The molecule has 0 saturated heterocycles. The Morgan fingerprint density at radius 1 is 0.857 bits per heavy atom. The highest BCUT2D eigenvalue weighted by Crippen LogP contribution is 2.18. The van der Waals surface area contributed by atoms with E-state index in [1.807, 2.05) is 62.4 Å². The summed E-state index contributed by atoms with van der Waals surface area (Å²) in [5.41, 5.74) is 5.04. The molecule has 0 bridgehead atoms. The molecular formula is C24H24N2O2. The Bertz CT molecular complexity index is 979. The van der Waals surface area contributed by atoms with Crippen LogP contribution in [0, 0.1) is 13.8 Å². The van der Waals surface area contributed by atoms with E-state index in [2.05, 4.69) is 5.32 Å². The quantitative estimate of drug-likeness (QED) is 0.697. The fraction of sp³-hybridized carbons (Fsp3) is 0.167. The van der Waals surface area contributed by atoms with Gasteiger partial charge in [-0.25, -0.2) is 0 Å². The summed E-state index contributed by atoms with van der Waals surface area (Å²) in [5.74, 6) is -0.268. The second kappa shape index (κ2) is 8.53. The number of benzene rings is 3. The van der Waals surface area contributed by atoms with Crippen molar-refractivity contribution >= 4 is 17.5 Å². The molecule has 0 heterocycles. The third kappa shape index (κ3) is 4.65. The monoisotopic (exact) mass is 372 g/mol. The molecule has 3 aromatic carbocycles. The molecule has 0 aliphatic carbocycles. The van der Waals surface area contributed by atoms with Crippen LogP contribution in [0.2, 0.25) is 0 Å². The van der Waals surface area contributed by atoms with Gasteiger partial charge in [-0.3, -0.25) is 9.59 Å². The van der Waals surface area contributed by atoms with Gasteiger partial charge in [-0.1, -0.05) is 42.5 Å². The highest BCUT2D eigenvalue weighted by atomic mass is 16.2. The number of hydrogen-bond donors (Lipinski definition) is 1. The minimum atomic E-state index is -0.190. The summed E-state index contributed by atoms with van der Waals surface area (Å²) in [5, 5.41) is 2.94. The summed E-state index contributed by atoms with van der Waals surface area (Å²) >= 11 is 0. The predicted octanol–water partition coefficient (Wildman–Crippen LogP) is 4.83. The predicted molar refractivity (Wildman–Crippen MR) is 113 cm³/mol. The molecule has 28 heavy (non-hydrogen) atoms. The van der Waals surface area contributed by atoms with Crippen molar-refractivity contribution < 1.29 is 9.59 Å². The van der Waals surface area contributed by atoms with Crippen LogP contribution in [-0.4, -0.2) is 23.8 Å². The van der Waals surface area contributed by atoms with Crippen molar-refractivity contribution in [2.24, 2.45) is 0 Å². The van der Waals surface area contributed by atoms with Crippen molar-refractivity contribution in [1.29, 1.82) is 0 Å². The molecule has 0 atom stereocenters. The number of amides is 2. The van der Waals surface area contributed by atoms with Crippen molar-refractivity contribution in [3.8, 4) is 0 Å². The Morgan fingerprint density at radius 3 is 2.18 bits per heavy atom. The lowest BCUT2D eigenvalue weighted by atomic mass is 10.1. The molecule has 0 saturated carbocycles. The summed E-state index contributed by atoms with van der Waals surface area (Å²) in [6.07, 6.45) is 0. The van der Waals surface area contributed by atoms with Crippen LogP contribution in [0.5, 0.6) is 0 Å². The number of nitrogens with one attached hydrogen (secondary N) is 1. The minimum Gasteiger partial charge on any atom is -0.337 e. The molecule has 3 rings (SSSR count). The van der Waals surface area contributed by atoms with E-state index < -0.39 is 0 Å². The minimum absolute atomic E-state index is 0.0784. The smallest absolute Gasteiger partial charge is 0.255 e. The zero-order valence-corrected chi connectivity index (χ0v) is 16.4. The van der Waals surface area contributed by atoms with Gasteiger partial charge in [0.25, 0.3) is 11.8 Å².